The van der Waals surface area contributed by atoms with Crippen molar-refractivity contribution in [3.05, 3.63) is 65.2 Å². The second-order valence-electron chi connectivity index (χ2n) is 7.21. The number of hydrogen-bond donors (Lipinski definition) is 1. The van der Waals surface area contributed by atoms with Crippen molar-refractivity contribution < 1.29 is 14.7 Å². The summed E-state index contributed by atoms with van der Waals surface area (Å²) in [6.07, 6.45) is -0.0251. The molecular formula is C21H24O3S. The van der Waals surface area contributed by atoms with Gasteiger partial charge in [0.15, 0.2) is 5.78 Å². The number of carbonyl (C=O) groups excluding carboxylic acids is 1. The molecule has 0 unspecified atom stereocenters. The van der Waals surface area contributed by atoms with E-state index in [1.165, 1.54) is 11.8 Å². The van der Waals surface area contributed by atoms with Gasteiger partial charge in [0.25, 0.3) is 0 Å². The maximum atomic E-state index is 12.5. The summed E-state index contributed by atoms with van der Waals surface area (Å²) in [4.78, 5) is 24.9. The Hall–Kier alpha value is -2.07. The molecular weight excluding hydrogens is 332 g/mol. The fourth-order valence-electron chi connectivity index (χ4n) is 2.40. The second-order valence-corrected chi connectivity index (χ2v) is 8.49. The topological polar surface area (TPSA) is 54.4 Å². The first-order valence-corrected chi connectivity index (χ1v) is 9.14. The summed E-state index contributed by atoms with van der Waals surface area (Å²) in [6, 6.07) is 15.1. The SMILES string of the molecule is Cc1ccc(S[C@H](CC(=O)c2ccc(C(C)(C)C)cc2)C(=O)O)cc1. The van der Waals surface area contributed by atoms with Gasteiger partial charge in [-0.2, -0.15) is 0 Å². The van der Waals surface area contributed by atoms with Crippen LogP contribution in [0.2, 0.25) is 0 Å². The van der Waals surface area contributed by atoms with Gasteiger partial charge in [-0.3, -0.25) is 9.59 Å². The van der Waals surface area contributed by atoms with Gasteiger partial charge in [0.2, 0.25) is 0 Å². The molecule has 0 aliphatic heterocycles. The minimum Gasteiger partial charge on any atom is -0.480 e. The van der Waals surface area contributed by atoms with Gasteiger partial charge in [-0.1, -0.05) is 62.7 Å². The van der Waals surface area contributed by atoms with Crippen LogP contribution in [0.5, 0.6) is 0 Å². The Morgan fingerprint density at radius 1 is 1.00 bits per heavy atom. The Bertz CT molecular complexity index is 740. The van der Waals surface area contributed by atoms with Crippen LogP contribution in [0.3, 0.4) is 0 Å². The maximum Gasteiger partial charge on any atom is 0.317 e. The van der Waals surface area contributed by atoms with E-state index in [0.29, 0.717) is 5.56 Å². The van der Waals surface area contributed by atoms with Crippen molar-refractivity contribution in [2.75, 3.05) is 0 Å². The molecule has 2 aromatic carbocycles. The summed E-state index contributed by atoms with van der Waals surface area (Å²) in [6.45, 7) is 8.32. The lowest BCUT2D eigenvalue weighted by molar-refractivity contribution is -0.136. The number of carboxylic acid groups (broad SMARTS) is 1. The van der Waals surface area contributed by atoms with Gasteiger partial charge < -0.3 is 5.11 Å². The average Bonchev–Trinajstić information content (AvgIpc) is 2.55. The van der Waals surface area contributed by atoms with Crippen molar-refractivity contribution in [1.82, 2.24) is 0 Å². The van der Waals surface area contributed by atoms with E-state index in [0.717, 1.165) is 16.0 Å². The molecule has 0 bridgehead atoms. The predicted molar refractivity (Wildman–Crippen MR) is 103 cm³/mol. The number of thioether (sulfide) groups is 1. The van der Waals surface area contributed by atoms with Crippen molar-refractivity contribution in [2.24, 2.45) is 0 Å². The highest BCUT2D eigenvalue weighted by atomic mass is 32.2. The third-order valence-electron chi connectivity index (χ3n) is 4.02. The molecule has 0 radical (unpaired) electrons. The first kappa shape index (κ1) is 19.3. The molecule has 1 atom stereocenters. The molecule has 2 aromatic rings. The third kappa shape index (κ3) is 5.46. The van der Waals surface area contributed by atoms with E-state index >= 15 is 0 Å². The number of rotatable bonds is 6. The van der Waals surface area contributed by atoms with Crippen molar-refractivity contribution in [3.63, 3.8) is 0 Å². The zero-order valence-corrected chi connectivity index (χ0v) is 15.9. The molecule has 25 heavy (non-hydrogen) atoms. The summed E-state index contributed by atoms with van der Waals surface area (Å²) >= 11 is 1.22. The average molecular weight is 356 g/mol. The number of Topliss-reactive ketones (excluding diaryl/α,β-unsaturated/α-hetero) is 1. The Balaban J connectivity index is 2.09. The Kier molecular flexibility index (Phi) is 6.07. The quantitative estimate of drug-likeness (QED) is 0.577. The number of carbonyl (C=O) groups is 2. The van der Waals surface area contributed by atoms with Gasteiger partial charge in [0, 0.05) is 16.9 Å². The van der Waals surface area contributed by atoms with Gasteiger partial charge in [0.1, 0.15) is 5.25 Å². The molecule has 0 aromatic heterocycles. The van der Waals surface area contributed by atoms with Crippen LogP contribution < -0.4 is 0 Å². The normalized spacial score (nSPS) is 12.6. The van der Waals surface area contributed by atoms with Gasteiger partial charge in [-0.25, -0.2) is 0 Å². The predicted octanol–water partition coefficient (Wildman–Crippen LogP) is 5.11. The molecule has 132 valence electrons. The van der Waals surface area contributed by atoms with Crippen molar-refractivity contribution in [1.29, 1.82) is 0 Å². The van der Waals surface area contributed by atoms with Crippen molar-refractivity contribution in [3.8, 4) is 0 Å². The highest BCUT2D eigenvalue weighted by Gasteiger charge is 2.23. The van der Waals surface area contributed by atoms with Crippen molar-refractivity contribution in [2.45, 2.75) is 49.7 Å². The fourth-order valence-corrected chi connectivity index (χ4v) is 3.36. The van der Waals surface area contributed by atoms with E-state index in [-0.39, 0.29) is 17.6 Å². The highest BCUT2D eigenvalue weighted by molar-refractivity contribution is 8.00. The van der Waals surface area contributed by atoms with Crippen molar-refractivity contribution >= 4 is 23.5 Å². The number of carboxylic acids is 1. The lowest BCUT2D eigenvalue weighted by atomic mass is 9.86. The number of aryl methyl sites for hydroxylation is 1. The number of ketones is 1. The Morgan fingerprint density at radius 3 is 2.04 bits per heavy atom. The van der Waals surface area contributed by atoms with Crippen LogP contribution >= 0.6 is 11.8 Å². The summed E-state index contributed by atoms with van der Waals surface area (Å²) < 4.78 is 0. The molecule has 0 aliphatic carbocycles. The molecule has 0 heterocycles. The first-order chi connectivity index (χ1) is 11.7. The standard InChI is InChI=1S/C21H24O3S/c1-14-5-11-17(12-6-14)25-19(20(23)24)13-18(22)15-7-9-16(10-8-15)21(2,3)4/h5-12,19H,13H2,1-4H3,(H,23,24)/t19-/m1/s1. The zero-order chi connectivity index (χ0) is 18.6. The summed E-state index contributed by atoms with van der Waals surface area (Å²) in [5.41, 5.74) is 2.84. The summed E-state index contributed by atoms with van der Waals surface area (Å²) in [7, 11) is 0. The fraction of sp³-hybridized carbons (Fsp3) is 0.333. The van der Waals surface area contributed by atoms with E-state index in [1.807, 2.05) is 43.3 Å². The van der Waals surface area contributed by atoms with Crippen LogP contribution in [-0.2, 0) is 10.2 Å². The Labute approximate surface area is 153 Å². The van der Waals surface area contributed by atoms with Crippen LogP contribution in [0.25, 0.3) is 0 Å². The van der Waals surface area contributed by atoms with Gasteiger partial charge in [0.05, 0.1) is 0 Å². The molecule has 3 nitrogen and oxygen atoms in total. The van der Waals surface area contributed by atoms with E-state index in [1.54, 1.807) is 12.1 Å². The maximum absolute atomic E-state index is 12.5. The minimum absolute atomic E-state index is 0.0203. The molecule has 1 N–H and O–H groups in total. The largest absolute Gasteiger partial charge is 0.480 e. The van der Waals surface area contributed by atoms with Crippen LogP contribution in [0.1, 0.15) is 48.7 Å². The van der Waals surface area contributed by atoms with Crippen LogP contribution in [0.4, 0.5) is 0 Å². The molecule has 0 fully saturated rings. The summed E-state index contributed by atoms with van der Waals surface area (Å²) in [5.74, 6) is -1.11. The molecule has 0 amide bonds. The second kappa shape index (κ2) is 7.87. The lowest BCUT2D eigenvalue weighted by Crippen LogP contribution is -2.20. The smallest absolute Gasteiger partial charge is 0.317 e. The third-order valence-corrected chi connectivity index (χ3v) is 5.22. The lowest BCUT2D eigenvalue weighted by Gasteiger charge is -2.19. The first-order valence-electron chi connectivity index (χ1n) is 8.26. The minimum atomic E-state index is -0.967. The van der Waals surface area contributed by atoms with Gasteiger partial charge >= 0.3 is 5.97 Å². The van der Waals surface area contributed by atoms with E-state index in [4.69, 9.17) is 0 Å². The molecule has 0 saturated heterocycles. The highest BCUT2D eigenvalue weighted by Crippen LogP contribution is 2.28. The van der Waals surface area contributed by atoms with E-state index in [2.05, 4.69) is 20.8 Å². The number of hydrogen-bond acceptors (Lipinski definition) is 3. The van der Waals surface area contributed by atoms with E-state index < -0.39 is 11.2 Å². The molecule has 0 spiro atoms. The van der Waals surface area contributed by atoms with Gasteiger partial charge in [-0.05, 0) is 30.0 Å². The van der Waals surface area contributed by atoms with Gasteiger partial charge in [-0.15, -0.1) is 11.8 Å². The number of benzene rings is 2. The summed E-state index contributed by atoms with van der Waals surface area (Å²) in [5, 5.41) is 8.67. The molecule has 0 saturated carbocycles. The zero-order valence-electron chi connectivity index (χ0n) is 15.1. The molecule has 0 aliphatic rings. The van der Waals surface area contributed by atoms with Crippen LogP contribution in [0.15, 0.2) is 53.4 Å². The number of aliphatic carboxylic acids is 1. The molecule has 4 heteroatoms. The monoisotopic (exact) mass is 356 g/mol. The van der Waals surface area contributed by atoms with Crippen LogP contribution in [-0.4, -0.2) is 22.1 Å². The molecule has 2 rings (SSSR count). The Morgan fingerprint density at radius 2 is 1.56 bits per heavy atom. The van der Waals surface area contributed by atoms with E-state index in [9.17, 15) is 14.7 Å². The van der Waals surface area contributed by atoms with Crippen LogP contribution in [0, 0.1) is 6.92 Å².